The number of hydrogen-bond acceptors (Lipinski definition) is 3. The first-order valence-electron chi connectivity index (χ1n) is 21.0. The van der Waals surface area contributed by atoms with E-state index < -0.39 is 0 Å². The maximum Gasteiger partial charge on any atom is 0.136 e. The van der Waals surface area contributed by atoms with E-state index in [4.69, 9.17) is 9.40 Å². The molecule has 0 unspecified atom stereocenters. The van der Waals surface area contributed by atoms with Crippen LogP contribution in [0.4, 0.5) is 17.1 Å². The first-order valence-corrected chi connectivity index (χ1v) is 21.0. The van der Waals surface area contributed by atoms with Gasteiger partial charge in [-0.05, 0) is 116 Å². The lowest BCUT2D eigenvalue weighted by Gasteiger charge is -2.28. The maximum absolute atomic E-state index is 6.55. The Kier molecular flexibility index (Phi) is 7.88. The van der Waals surface area contributed by atoms with Crippen LogP contribution in [0.5, 0.6) is 0 Å². The Labute approximate surface area is 354 Å². The van der Waals surface area contributed by atoms with Gasteiger partial charge in [0.2, 0.25) is 0 Å². The number of aromatic nitrogens is 1. The smallest absolute Gasteiger partial charge is 0.136 e. The Balaban J connectivity index is 0.983. The molecular formula is C58H40N2O. The van der Waals surface area contributed by atoms with Crippen LogP contribution in [0.25, 0.3) is 88.3 Å². The lowest BCUT2D eigenvalue weighted by atomic mass is 9.82. The molecule has 2 aromatic heterocycles. The van der Waals surface area contributed by atoms with Gasteiger partial charge in [0.1, 0.15) is 11.2 Å². The van der Waals surface area contributed by atoms with Gasteiger partial charge < -0.3 is 9.32 Å². The van der Waals surface area contributed by atoms with E-state index in [1.54, 1.807) is 0 Å². The van der Waals surface area contributed by atoms with Crippen LogP contribution in [0.15, 0.2) is 211 Å². The van der Waals surface area contributed by atoms with Crippen LogP contribution >= 0.6 is 0 Å². The molecule has 3 nitrogen and oxygen atoms in total. The number of rotatable bonds is 6. The van der Waals surface area contributed by atoms with Gasteiger partial charge in [-0.25, -0.2) is 4.98 Å². The van der Waals surface area contributed by atoms with Crippen molar-refractivity contribution < 1.29 is 4.42 Å². The normalized spacial score (nSPS) is 12.9. The van der Waals surface area contributed by atoms with Crippen molar-refractivity contribution in [2.24, 2.45) is 0 Å². The van der Waals surface area contributed by atoms with Crippen LogP contribution in [0.3, 0.4) is 0 Å². The Morgan fingerprint density at radius 2 is 1.05 bits per heavy atom. The van der Waals surface area contributed by atoms with Crippen molar-refractivity contribution in [3.63, 3.8) is 0 Å². The number of para-hydroxylation sites is 1. The molecule has 2 heterocycles. The van der Waals surface area contributed by atoms with Crippen LogP contribution in [0.2, 0.25) is 0 Å². The number of benzene rings is 9. The Morgan fingerprint density at radius 1 is 0.410 bits per heavy atom. The van der Waals surface area contributed by atoms with E-state index >= 15 is 0 Å². The van der Waals surface area contributed by atoms with E-state index in [1.807, 2.05) is 0 Å². The first-order chi connectivity index (χ1) is 30.0. The summed E-state index contributed by atoms with van der Waals surface area (Å²) in [7, 11) is 0. The molecule has 0 bridgehead atoms. The van der Waals surface area contributed by atoms with E-state index in [0.29, 0.717) is 0 Å². The minimum Gasteiger partial charge on any atom is -0.456 e. The summed E-state index contributed by atoms with van der Waals surface area (Å²) in [6, 6.07) is 74.3. The lowest BCUT2D eigenvalue weighted by Crippen LogP contribution is -2.16. The third kappa shape index (κ3) is 5.69. The summed E-state index contributed by atoms with van der Waals surface area (Å²) in [5.41, 5.74) is 17.7. The van der Waals surface area contributed by atoms with Gasteiger partial charge in [-0.1, -0.05) is 153 Å². The van der Waals surface area contributed by atoms with Gasteiger partial charge in [0.15, 0.2) is 0 Å². The fraction of sp³-hybridized carbons (Fsp3) is 0.0517. The largest absolute Gasteiger partial charge is 0.456 e. The summed E-state index contributed by atoms with van der Waals surface area (Å²) in [4.78, 5) is 7.73. The molecule has 0 fully saturated rings. The second kappa shape index (κ2) is 13.7. The molecule has 0 atom stereocenters. The average Bonchev–Trinajstić information content (AvgIpc) is 3.81. The van der Waals surface area contributed by atoms with Crippen LogP contribution in [0, 0.1) is 0 Å². The predicted molar refractivity (Wildman–Crippen MR) is 255 cm³/mol. The molecule has 11 aromatic rings. The molecular weight excluding hydrogens is 741 g/mol. The molecule has 1 aliphatic carbocycles. The minimum absolute atomic E-state index is 0.119. The van der Waals surface area contributed by atoms with Crippen molar-refractivity contribution in [3.05, 3.63) is 217 Å². The van der Waals surface area contributed by atoms with Gasteiger partial charge in [0.25, 0.3) is 0 Å². The van der Waals surface area contributed by atoms with E-state index in [-0.39, 0.29) is 5.41 Å². The molecule has 288 valence electrons. The highest BCUT2D eigenvalue weighted by molar-refractivity contribution is 6.19. The van der Waals surface area contributed by atoms with Crippen molar-refractivity contribution in [3.8, 4) is 44.6 Å². The molecule has 12 rings (SSSR count). The SMILES string of the molecule is CC1(C)c2ccccc2-c2ccc(N(c3ccc(-c4ccccc4)cc3)c3ccc(-c4nc5ccccc5cc4-c4ccc5c(c4)oc4ccc6ccccc6c45)cc3)cc21. The molecule has 0 amide bonds. The van der Waals surface area contributed by atoms with Crippen LogP contribution < -0.4 is 4.90 Å². The molecule has 0 saturated heterocycles. The summed E-state index contributed by atoms with van der Waals surface area (Å²) in [6.07, 6.45) is 0. The highest BCUT2D eigenvalue weighted by Crippen LogP contribution is 2.51. The molecule has 1 aliphatic rings. The van der Waals surface area contributed by atoms with Crippen molar-refractivity contribution >= 4 is 60.7 Å². The number of furan rings is 1. The summed E-state index contributed by atoms with van der Waals surface area (Å²) in [6.45, 7) is 4.69. The van der Waals surface area contributed by atoms with Gasteiger partial charge in [-0.15, -0.1) is 0 Å². The van der Waals surface area contributed by atoms with Gasteiger partial charge in [-0.3, -0.25) is 0 Å². The van der Waals surface area contributed by atoms with Crippen molar-refractivity contribution in [1.29, 1.82) is 0 Å². The van der Waals surface area contributed by atoms with E-state index in [2.05, 4.69) is 225 Å². The maximum atomic E-state index is 6.55. The van der Waals surface area contributed by atoms with E-state index in [1.165, 1.54) is 44.2 Å². The second-order valence-corrected chi connectivity index (χ2v) is 16.7. The molecule has 0 spiro atoms. The molecule has 61 heavy (non-hydrogen) atoms. The number of nitrogens with zero attached hydrogens (tertiary/aromatic N) is 2. The fourth-order valence-corrected chi connectivity index (χ4v) is 9.75. The van der Waals surface area contributed by atoms with Gasteiger partial charge in [-0.2, -0.15) is 0 Å². The zero-order valence-electron chi connectivity index (χ0n) is 33.9. The number of hydrogen-bond donors (Lipinski definition) is 0. The highest BCUT2D eigenvalue weighted by atomic mass is 16.3. The third-order valence-corrected chi connectivity index (χ3v) is 12.9. The zero-order valence-corrected chi connectivity index (χ0v) is 33.9. The predicted octanol–water partition coefficient (Wildman–Crippen LogP) is 16.1. The topological polar surface area (TPSA) is 29.3 Å². The second-order valence-electron chi connectivity index (χ2n) is 16.7. The fourth-order valence-electron chi connectivity index (χ4n) is 9.75. The van der Waals surface area contributed by atoms with Crippen molar-refractivity contribution in [1.82, 2.24) is 4.98 Å². The monoisotopic (exact) mass is 780 g/mol. The molecule has 0 N–H and O–H groups in total. The van der Waals surface area contributed by atoms with Gasteiger partial charge >= 0.3 is 0 Å². The summed E-state index contributed by atoms with van der Waals surface area (Å²) < 4.78 is 6.55. The lowest BCUT2D eigenvalue weighted by molar-refractivity contribution is 0.660. The summed E-state index contributed by atoms with van der Waals surface area (Å²) in [5.74, 6) is 0. The summed E-state index contributed by atoms with van der Waals surface area (Å²) >= 11 is 0. The number of pyridine rings is 1. The Hall–Kier alpha value is -7.75. The molecule has 9 aromatic carbocycles. The average molecular weight is 781 g/mol. The molecule has 3 heteroatoms. The van der Waals surface area contributed by atoms with Crippen LogP contribution in [-0.4, -0.2) is 4.98 Å². The Morgan fingerprint density at radius 3 is 1.87 bits per heavy atom. The number of anilines is 3. The quantitative estimate of drug-likeness (QED) is 0.168. The third-order valence-electron chi connectivity index (χ3n) is 12.9. The highest BCUT2D eigenvalue weighted by Gasteiger charge is 2.35. The zero-order chi connectivity index (χ0) is 40.7. The molecule has 0 aliphatic heterocycles. The summed E-state index contributed by atoms with van der Waals surface area (Å²) in [5, 5.41) is 5.78. The molecule has 0 radical (unpaired) electrons. The number of fused-ring (bicyclic) bond motifs is 9. The van der Waals surface area contributed by atoms with Crippen LogP contribution in [-0.2, 0) is 5.41 Å². The minimum atomic E-state index is -0.119. The Bertz CT molecular complexity index is 3490. The van der Waals surface area contributed by atoms with Crippen molar-refractivity contribution in [2.75, 3.05) is 4.90 Å². The first kappa shape index (κ1) is 35.2. The van der Waals surface area contributed by atoms with E-state index in [0.717, 1.165) is 72.3 Å². The standard InChI is InChI=1S/C58H40N2O/c1-58(2)51-18-10-9-17-47(51)48-32-30-45(36-52(48)58)60(43-26-20-38(21-27-43)37-12-4-3-5-13-37)44-28-22-40(23-29-44)57-50(34-42-15-7-11-19-53(42)59-57)41-24-31-49-55(35-41)61-54-33-25-39-14-6-8-16-46(39)56(49)54/h3-36H,1-2H3. The van der Waals surface area contributed by atoms with Crippen LogP contribution in [0.1, 0.15) is 25.0 Å². The molecule has 0 saturated carbocycles. The van der Waals surface area contributed by atoms with E-state index in [9.17, 15) is 0 Å². The van der Waals surface area contributed by atoms with Crippen molar-refractivity contribution in [2.45, 2.75) is 19.3 Å². The van der Waals surface area contributed by atoms with Gasteiger partial charge in [0.05, 0.1) is 11.2 Å². The van der Waals surface area contributed by atoms with Gasteiger partial charge in [0, 0.05) is 49.8 Å².